The van der Waals surface area contributed by atoms with Crippen LogP contribution in [0.1, 0.15) is 62.0 Å². The van der Waals surface area contributed by atoms with Crippen LogP contribution in [-0.4, -0.2) is 5.33 Å². The fourth-order valence-electron chi connectivity index (χ4n) is 2.62. The van der Waals surface area contributed by atoms with Crippen LogP contribution in [0.2, 0.25) is 0 Å². The largest absolute Gasteiger partial charge is 0.0922 e. The predicted octanol–water partition coefficient (Wildman–Crippen LogP) is 5.23. The second kappa shape index (κ2) is 5.86. The SMILES string of the molecule is CC(CBr)c1ccc(C2CCCCC2)cc1. The molecule has 1 aliphatic rings. The molecule has 1 unspecified atom stereocenters. The zero-order chi connectivity index (χ0) is 11.4. The van der Waals surface area contributed by atoms with E-state index in [2.05, 4.69) is 47.1 Å². The van der Waals surface area contributed by atoms with E-state index in [1.54, 1.807) is 5.56 Å². The summed E-state index contributed by atoms with van der Waals surface area (Å²) in [7, 11) is 0. The van der Waals surface area contributed by atoms with Crippen molar-refractivity contribution >= 4 is 15.9 Å². The average Bonchev–Trinajstić information content (AvgIpc) is 2.39. The van der Waals surface area contributed by atoms with Crippen molar-refractivity contribution in [2.24, 2.45) is 0 Å². The Morgan fingerprint density at radius 2 is 1.75 bits per heavy atom. The standard InChI is InChI=1S/C15H21Br/c1-12(11-16)13-7-9-15(10-8-13)14-5-3-2-4-6-14/h7-10,12,14H,2-6,11H2,1H3. The quantitative estimate of drug-likeness (QED) is 0.665. The van der Waals surface area contributed by atoms with Gasteiger partial charge in [0.05, 0.1) is 0 Å². The lowest BCUT2D eigenvalue weighted by Crippen LogP contribution is -2.04. The van der Waals surface area contributed by atoms with E-state index in [1.807, 2.05) is 0 Å². The van der Waals surface area contributed by atoms with Crippen LogP contribution in [0.5, 0.6) is 0 Å². The van der Waals surface area contributed by atoms with E-state index in [9.17, 15) is 0 Å². The van der Waals surface area contributed by atoms with Gasteiger partial charge in [-0.25, -0.2) is 0 Å². The van der Waals surface area contributed by atoms with Gasteiger partial charge in [-0.2, -0.15) is 0 Å². The first kappa shape index (κ1) is 12.2. The smallest absolute Gasteiger partial charge is 0.00975 e. The summed E-state index contributed by atoms with van der Waals surface area (Å²) in [6.07, 6.45) is 7.07. The molecule has 1 aromatic rings. The van der Waals surface area contributed by atoms with Crippen molar-refractivity contribution in [3.63, 3.8) is 0 Å². The predicted molar refractivity (Wildman–Crippen MR) is 74.5 cm³/mol. The van der Waals surface area contributed by atoms with Crippen LogP contribution in [0.15, 0.2) is 24.3 Å². The van der Waals surface area contributed by atoms with Gasteiger partial charge in [-0.15, -0.1) is 0 Å². The molecule has 16 heavy (non-hydrogen) atoms. The van der Waals surface area contributed by atoms with E-state index in [1.165, 1.54) is 37.7 Å². The van der Waals surface area contributed by atoms with Gasteiger partial charge in [0.25, 0.3) is 0 Å². The number of hydrogen-bond donors (Lipinski definition) is 0. The molecule has 88 valence electrons. The van der Waals surface area contributed by atoms with Crippen LogP contribution in [0.4, 0.5) is 0 Å². The van der Waals surface area contributed by atoms with Gasteiger partial charge >= 0.3 is 0 Å². The highest BCUT2D eigenvalue weighted by Gasteiger charge is 2.15. The zero-order valence-corrected chi connectivity index (χ0v) is 11.7. The minimum atomic E-state index is 0.625. The van der Waals surface area contributed by atoms with Gasteiger partial charge in [-0.1, -0.05) is 66.4 Å². The monoisotopic (exact) mass is 280 g/mol. The Bertz CT molecular complexity index is 309. The summed E-state index contributed by atoms with van der Waals surface area (Å²) in [5, 5.41) is 1.05. The van der Waals surface area contributed by atoms with Crippen molar-refractivity contribution in [2.75, 3.05) is 5.33 Å². The maximum atomic E-state index is 3.55. The van der Waals surface area contributed by atoms with E-state index in [-0.39, 0.29) is 0 Å². The molecule has 0 nitrogen and oxygen atoms in total. The molecule has 0 spiro atoms. The maximum absolute atomic E-state index is 3.55. The Morgan fingerprint density at radius 1 is 1.12 bits per heavy atom. The minimum absolute atomic E-state index is 0.625. The molecule has 1 atom stereocenters. The van der Waals surface area contributed by atoms with Crippen molar-refractivity contribution in [1.82, 2.24) is 0 Å². The summed E-state index contributed by atoms with van der Waals surface area (Å²) in [6.45, 7) is 2.27. The van der Waals surface area contributed by atoms with Gasteiger partial charge in [0, 0.05) is 5.33 Å². The molecule has 1 saturated carbocycles. The van der Waals surface area contributed by atoms with Crippen molar-refractivity contribution in [1.29, 1.82) is 0 Å². The van der Waals surface area contributed by atoms with E-state index < -0.39 is 0 Å². The molecule has 2 rings (SSSR count). The Kier molecular flexibility index (Phi) is 4.45. The first-order valence-corrected chi connectivity index (χ1v) is 7.59. The van der Waals surface area contributed by atoms with Crippen LogP contribution in [0.3, 0.4) is 0 Å². The van der Waals surface area contributed by atoms with Crippen LogP contribution in [0.25, 0.3) is 0 Å². The summed E-state index contributed by atoms with van der Waals surface area (Å²) in [4.78, 5) is 0. The highest BCUT2D eigenvalue weighted by molar-refractivity contribution is 9.09. The number of alkyl halides is 1. The third-order valence-corrected chi connectivity index (χ3v) is 4.78. The Hall–Kier alpha value is -0.300. The third-order valence-electron chi connectivity index (χ3n) is 3.81. The van der Waals surface area contributed by atoms with Crippen molar-refractivity contribution < 1.29 is 0 Å². The molecule has 0 saturated heterocycles. The Balaban J connectivity index is 2.06. The summed E-state index contributed by atoms with van der Waals surface area (Å²) in [5.41, 5.74) is 3.02. The second-order valence-corrected chi connectivity index (χ2v) is 5.70. The molecule has 1 fully saturated rings. The second-order valence-electron chi connectivity index (χ2n) is 5.06. The van der Waals surface area contributed by atoms with E-state index in [0.717, 1.165) is 11.2 Å². The van der Waals surface area contributed by atoms with Crippen LogP contribution in [0, 0.1) is 0 Å². The van der Waals surface area contributed by atoms with Gasteiger partial charge < -0.3 is 0 Å². The Morgan fingerprint density at radius 3 is 2.31 bits per heavy atom. The fourth-order valence-corrected chi connectivity index (χ4v) is 3.00. The first-order chi connectivity index (χ1) is 7.81. The molecule has 0 amide bonds. The molecule has 0 radical (unpaired) electrons. The van der Waals surface area contributed by atoms with Gasteiger partial charge in [-0.05, 0) is 35.8 Å². The van der Waals surface area contributed by atoms with Gasteiger partial charge in [-0.3, -0.25) is 0 Å². The van der Waals surface area contributed by atoms with E-state index in [4.69, 9.17) is 0 Å². The zero-order valence-electron chi connectivity index (χ0n) is 10.1. The molecular formula is C15H21Br. The molecule has 1 heteroatoms. The molecule has 0 bridgehead atoms. The van der Waals surface area contributed by atoms with E-state index in [0.29, 0.717) is 5.92 Å². The number of rotatable bonds is 3. The minimum Gasteiger partial charge on any atom is -0.0922 e. The van der Waals surface area contributed by atoms with Gasteiger partial charge in [0.15, 0.2) is 0 Å². The lowest BCUT2D eigenvalue weighted by Gasteiger charge is -2.22. The molecule has 0 heterocycles. The molecule has 0 aromatic heterocycles. The average molecular weight is 281 g/mol. The highest BCUT2D eigenvalue weighted by atomic mass is 79.9. The summed E-state index contributed by atoms with van der Waals surface area (Å²) in [6, 6.07) is 9.33. The highest BCUT2D eigenvalue weighted by Crippen LogP contribution is 2.33. The summed E-state index contributed by atoms with van der Waals surface area (Å²) < 4.78 is 0. The first-order valence-electron chi connectivity index (χ1n) is 6.47. The van der Waals surface area contributed by atoms with Crippen molar-refractivity contribution in [3.05, 3.63) is 35.4 Å². The summed E-state index contributed by atoms with van der Waals surface area (Å²) >= 11 is 3.55. The van der Waals surface area contributed by atoms with Crippen LogP contribution < -0.4 is 0 Å². The van der Waals surface area contributed by atoms with Crippen molar-refractivity contribution in [2.45, 2.75) is 50.9 Å². The van der Waals surface area contributed by atoms with Crippen LogP contribution >= 0.6 is 15.9 Å². The topological polar surface area (TPSA) is 0 Å². The maximum Gasteiger partial charge on any atom is 0.00975 e. The third kappa shape index (κ3) is 2.88. The normalized spacial score (nSPS) is 19.6. The molecule has 0 N–H and O–H groups in total. The lowest BCUT2D eigenvalue weighted by molar-refractivity contribution is 0.443. The molecular weight excluding hydrogens is 260 g/mol. The molecule has 0 aliphatic heterocycles. The number of hydrogen-bond acceptors (Lipinski definition) is 0. The number of halogens is 1. The number of benzene rings is 1. The van der Waals surface area contributed by atoms with Gasteiger partial charge in [0.2, 0.25) is 0 Å². The molecule has 1 aromatic carbocycles. The summed E-state index contributed by atoms with van der Waals surface area (Å²) in [5.74, 6) is 1.46. The van der Waals surface area contributed by atoms with E-state index >= 15 is 0 Å². The lowest BCUT2D eigenvalue weighted by atomic mass is 9.83. The van der Waals surface area contributed by atoms with Gasteiger partial charge in [0.1, 0.15) is 0 Å². The van der Waals surface area contributed by atoms with Crippen LogP contribution in [-0.2, 0) is 0 Å². The fraction of sp³-hybridized carbons (Fsp3) is 0.600. The van der Waals surface area contributed by atoms with Crippen molar-refractivity contribution in [3.8, 4) is 0 Å². The Labute approximate surface area is 108 Å². The molecule has 1 aliphatic carbocycles.